The quantitative estimate of drug-likeness (QED) is 0.893. The van der Waals surface area contributed by atoms with Crippen LogP contribution < -0.4 is 10.5 Å². The van der Waals surface area contributed by atoms with Gasteiger partial charge in [0.25, 0.3) is 0 Å². The number of aliphatic imine (C=N–C) groups is 1. The Morgan fingerprint density at radius 3 is 2.41 bits per heavy atom. The number of nitrogens with zero attached hydrogens (tertiary/aromatic N) is 2. The summed E-state index contributed by atoms with van der Waals surface area (Å²) in [4.78, 5) is 17.3. The lowest BCUT2D eigenvalue weighted by molar-refractivity contribution is -0.194. The number of Topliss-reactive ketones (excluding diaryl/α,β-unsaturated/α-hetero) is 1. The summed E-state index contributed by atoms with van der Waals surface area (Å²) < 4.78 is 47.4. The molecule has 5 nitrogen and oxygen atoms in total. The molecule has 0 aromatic heterocycles. The number of hydrogen-bond donors (Lipinski definition) is 1. The fraction of sp³-hybridized carbons (Fsp3) is 0.263. The zero-order chi connectivity index (χ0) is 19.8. The molecule has 0 radical (unpaired) electrons. The zero-order valence-corrected chi connectivity index (χ0v) is 14.7. The fourth-order valence-electron chi connectivity index (χ4n) is 3.07. The number of nitrogens with two attached hydrogens (primary N) is 1. The van der Waals surface area contributed by atoms with Crippen LogP contribution in [-0.2, 0) is 10.3 Å². The van der Waals surface area contributed by atoms with E-state index in [0.29, 0.717) is 16.9 Å². The van der Waals surface area contributed by atoms with E-state index in [9.17, 15) is 18.0 Å². The molecule has 8 heteroatoms. The van der Waals surface area contributed by atoms with Crippen molar-refractivity contribution >= 4 is 11.7 Å². The Hall–Kier alpha value is -3.03. The Balaban J connectivity index is 2.19. The van der Waals surface area contributed by atoms with Gasteiger partial charge in [0.2, 0.25) is 5.54 Å². The second kappa shape index (κ2) is 6.61. The molecule has 1 unspecified atom stereocenters. The van der Waals surface area contributed by atoms with Gasteiger partial charge in [0.05, 0.1) is 13.7 Å². The van der Waals surface area contributed by atoms with Crippen LogP contribution in [-0.4, -0.2) is 43.5 Å². The summed E-state index contributed by atoms with van der Waals surface area (Å²) in [7, 11) is 2.92. The minimum Gasteiger partial charge on any atom is -0.497 e. The molecular formula is C19H18F3N3O2. The Morgan fingerprint density at radius 1 is 1.15 bits per heavy atom. The Kier molecular flexibility index (Phi) is 4.59. The number of rotatable bonds is 3. The minimum atomic E-state index is -4.93. The first kappa shape index (κ1) is 18.8. The molecule has 0 bridgehead atoms. The van der Waals surface area contributed by atoms with E-state index in [-0.39, 0.29) is 11.5 Å². The summed E-state index contributed by atoms with van der Waals surface area (Å²) in [6, 6.07) is 12.6. The average molecular weight is 377 g/mol. The Labute approximate surface area is 154 Å². The van der Waals surface area contributed by atoms with Crippen molar-refractivity contribution in [1.29, 1.82) is 0 Å². The van der Waals surface area contributed by atoms with Crippen molar-refractivity contribution in [3.63, 3.8) is 0 Å². The molecule has 2 aromatic rings. The van der Waals surface area contributed by atoms with Gasteiger partial charge in [0.1, 0.15) is 5.75 Å². The van der Waals surface area contributed by atoms with Crippen LogP contribution in [0.1, 0.15) is 5.56 Å². The molecule has 2 aromatic carbocycles. The number of alkyl halides is 3. The molecule has 2 N–H and O–H groups in total. The van der Waals surface area contributed by atoms with Gasteiger partial charge in [-0.2, -0.15) is 13.2 Å². The molecule has 142 valence electrons. The van der Waals surface area contributed by atoms with Crippen LogP contribution in [0, 0.1) is 0 Å². The number of methoxy groups -OCH3 is 1. The van der Waals surface area contributed by atoms with Crippen LogP contribution in [0.4, 0.5) is 13.2 Å². The highest BCUT2D eigenvalue weighted by Gasteiger charge is 2.63. The predicted octanol–water partition coefficient (Wildman–Crippen LogP) is 2.95. The third-order valence-corrected chi connectivity index (χ3v) is 4.55. The topological polar surface area (TPSA) is 67.9 Å². The predicted molar refractivity (Wildman–Crippen MR) is 95.4 cm³/mol. The lowest BCUT2D eigenvalue weighted by Crippen LogP contribution is -2.58. The summed E-state index contributed by atoms with van der Waals surface area (Å²) in [5.74, 6) is -0.839. The summed E-state index contributed by atoms with van der Waals surface area (Å²) in [6.45, 7) is -0.474. The molecule has 0 aliphatic carbocycles. The fourth-order valence-corrected chi connectivity index (χ4v) is 3.07. The van der Waals surface area contributed by atoms with E-state index in [2.05, 4.69) is 4.99 Å². The number of halogens is 3. The first-order chi connectivity index (χ1) is 12.7. The van der Waals surface area contributed by atoms with Crippen LogP contribution >= 0.6 is 0 Å². The van der Waals surface area contributed by atoms with Gasteiger partial charge in [0, 0.05) is 7.05 Å². The van der Waals surface area contributed by atoms with E-state index in [1.54, 1.807) is 30.3 Å². The number of likely N-dealkylation sites (N-methyl/N-ethyl adjacent to an activating group) is 1. The van der Waals surface area contributed by atoms with Gasteiger partial charge >= 0.3 is 6.18 Å². The number of carbonyl (C=O) groups is 1. The third kappa shape index (κ3) is 3.11. The zero-order valence-electron chi connectivity index (χ0n) is 14.7. The summed E-state index contributed by atoms with van der Waals surface area (Å²) in [5, 5.41) is 0. The number of ketones is 1. The Morgan fingerprint density at radius 2 is 1.78 bits per heavy atom. The van der Waals surface area contributed by atoms with Crippen molar-refractivity contribution in [2.24, 2.45) is 10.7 Å². The normalized spacial score (nSPS) is 20.4. The number of benzene rings is 2. The molecule has 3 rings (SSSR count). The van der Waals surface area contributed by atoms with Crippen molar-refractivity contribution in [1.82, 2.24) is 4.90 Å². The maximum Gasteiger partial charge on any atom is 0.425 e. The van der Waals surface area contributed by atoms with Gasteiger partial charge in [-0.1, -0.05) is 30.3 Å². The molecule has 1 heterocycles. The summed E-state index contributed by atoms with van der Waals surface area (Å²) in [6.07, 6.45) is -4.93. The minimum absolute atomic E-state index is 0.267. The molecule has 0 spiro atoms. The number of hydrogen-bond acceptors (Lipinski definition) is 5. The van der Waals surface area contributed by atoms with E-state index < -0.39 is 24.0 Å². The molecule has 1 atom stereocenters. The van der Waals surface area contributed by atoms with Gasteiger partial charge in [0.15, 0.2) is 11.7 Å². The van der Waals surface area contributed by atoms with Crippen LogP contribution in [0.2, 0.25) is 0 Å². The van der Waals surface area contributed by atoms with Crippen molar-refractivity contribution in [3.05, 3.63) is 54.1 Å². The monoisotopic (exact) mass is 377 g/mol. The van der Waals surface area contributed by atoms with Gasteiger partial charge in [-0.05, 0) is 34.9 Å². The molecule has 0 fully saturated rings. The highest BCUT2D eigenvalue weighted by atomic mass is 19.4. The highest BCUT2D eigenvalue weighted by Crippen LogP contribution is 2.45. The van der Waals surface area contributed by atoms with Crippen molar-refractivity contribution in [3.8, 4) is 16.9 Å². The van der Waals surface area contributed by atoms with Crippen molar-refractivity contribution < 1.29 is 22.7 Å². The second-order valence-corrected chi connectivity index (χ2v) is 6.27. The van der Waals surface area contributed by atoms with Gasteiger partial charge < -0.3 is 15.4 Å². The van der Waals surface area contributed by atoms with Crippen molar-refractivity contribution in [2.45, 2.75) is 11.7 Å². The smallest absolute Gasteiger partial charge is 0.425 e. The molecular weight excluding hydrogens is 359 g/mol. The number of carbonyl (C=O) groups excluding carboxylic acids is 1. The van der Waals surface area contributed by atoms with Crippen LogP contribution in [0.5, 0.6) is 5.75 Å². The lowest BCUT2D eigenvalue weighted by Gasteiger charge is -2.37. The largest absolute Gasteiger partial charge is 0.497 e. The molecule has 1 aliphatic rings. The maximum absolute atomic E-state index is 14.1. The van der Waals surface area contributed by atoms with Crippen LogP contribution in [0.15, 0.2) is 53.5 Å². The lowest BCUT2D eigenvalue weighted by atomic mass is 9.82. The van der Waals surface area contributed by atoms with Gasteiger partial charge in [-0.3, -0.25) is 4.79 Å². The molecule has 27 heavy (non-hydrogen) atoms. The van der Waals surface area contributed by atoms with E-state index >= 15 is 0 Å². The van der Waals surface area contributed by atoms with E-state index in [1.807, 2.05) is 0 Å². The third-order valence-electron chi connectivity index (χ3n) is 4.55. The summed E-state index contributed by atoms with van der Waals surface area (Å²) in [5.41, 5.74) is 3.53. The summed E-state index contributed by atoms with van der Waals surface area (Å²) >= 11 is 0. The van der Waals surface area contributed by atoms with E-state index in [0.717, 1.165) is 0 Å². The second-order valence-electron chi connectivity index (χ2n) is 6.27. The Bertz CT molecular complexity index is 911. The van der Waals surface area contributed by atoms with E-state index in [4.69, 9.17) is 10.5 Å². The van der Waals surface area contributed by atoms with E-state index in [1.165, 1.54) is 37.3 Å². The first-order valence-electron chi connectivity index (χ1n) is 8.10. The first-order valence-corrected chi connectivity index (χ1v) is 8.10. The molecule has 0 saturated carbocycles. The molecule has 0 saturated heterocycles. The number of ether oxygens (including phenoxy) is 1. The van der Waals surface area contributed by atoms with Crippen LogP contribution in [0.3, 0.4) is 0 Å². The van der Waals surface area contributed by atoms with Crippen LogP contribution in [0.25, 0.3) is 11.1 Å². The number of guanidine groups is 1. The van der Waals surface area contributed by atoms with Gasteiger partial charge in [-0.25, -0.2) is 4.99 Å². The maximum atomic E-state index is 14.1. The van der Waals surface area contributed by atoms with Crippen molar-refractivity contribution in [2.75, 3.05) is 20.7 Å². The SMILES string of the molecule is COc1cccc(-c2cccc(C3(C(F)(F)F)N=C(N)N(C)CC3=O)c2)c1. The average Bonchev–Trinajstić information content (AvgIpc) is 2.64. The highest BCUT2D eigenvalue weighted by molar-refractivity contribution is 6.00. The molecule has 1 aliphatic heterocycles. The molecule has 0 amide bonds. The standard InChI is InChI=1S/C19H18F3N3O2/c1-25-11-16(26)18(19(20,21)22,24-17(25)23)14-7-3-5-12(9-14)13-6-4-8-15(10-13)27-2/h3-10H,11H2,1-2H3,(H2,23,24). The van der Waals surface area contributed by atoms with Gasteiger partial charge in [-0.15, -0.1) is 0 Å².